The maximum absolute atomic E-state index is 11.1. The quantitative estimate of drug-likeness (QED) is 0.605. The first-order valence-electron chi connectivity index (χ1n) is 5.73. The molecule has 2 nitrogen and oxygen atoms in total. The second-order valence-corrected chi connectivity index (χ2v) is 4.27. The summed E-state index contributed by atoms with van der Waals surface area (Å²) >= 11 is 0. The SMILES string of the molecule is CCC[C@H](CC(C)/C=C(/C)C(C)=O)OC. The average molecular weight is 212 g/mol. The van der Waals surface area contributed by atoms with E-state index in [4.69, 9.17) is 4.74 Å². The van der Waals surface area contributed by atoms with Gasteiger partial charge >= 0.3 is 0 Å². The Kier molecular flexibility index (Phi) is 7.31. The van der Waals surface area contributed by atoms with Crippen molar-refractivity contribution in [3.05, 3.63) is 11.6 Å². The maximum atomic E-state index is 11.1. The molecule has 0 aliphatic heterocycles. The third-order valence-corrected chi connectivity index (χ3v) is 2.67. The van der Waals surface area contributed by atoms with Gasteiger partial charge in [0.2, 0.25) is 0 Å². The summed E-state index contributed by atoms with van der Waals surface area (Å²) in [6, 6.07) is 0. The number of carbonyl (C=O) groups is 1. The summed E-state index contributed by atoms with van der Waals surface area (Å²) in [6.07, 6.45) is 5.59. The van der Waals surface area contributed by atoms with Gasteiger partial charge in [0, 0.05) is 7.11 Å². The Hall–Kier alpha value is -0.630. The average Bonchev–Trinajstić information content (AvgIpc) is 2.16. The zero-order valence-electron chi connectivity index (χ0n) is 10.7. The molecule has 0 rings (SSSR count). The zero-order chi connectivity index (χ0) is 11.8. The first-order valence-corrected chi connectivity index (χ1v) is 5.73. The zero-order valence-corrected chi connectivity index (χ0v) is 10.7. The molecule has 0 bridgehead atoms. The van der Waals surface area contributed by atoms with Gasteiger partial charge in [-0.1, -0.05) is 26.3 Å². The van der Waals surface area contributed by atoms with Crippen LogP contribution in [0.5, 0.6) is 0 Å². The van der Waals surface area contributed by atoms with Crippen LogP contribution in [0, 0.1) is 5.92 Å². The first-order chi connectivity index (χ1) is 7.01. The number of hydrogen-bond donors (Lipinski definition) is 0. The Morgan fingerprint density at radius 1 is 1.40 bits per heavy atom. The van der Waals surface area contributed by atoms with E-state index in [9.17, 15) is 4.79 Å². The molecule has 15 heavy (non-hydrogen) atoms. The molecule has 0 amide bonds. The minimum atomic E-state index is 0.159. The van der Waals surface area contributed by atoms with Crippen LogP contribution >= 0.6 is 0 Å². The van der Waals surface area contributed by atoms with Gasteiger partial charge in [-0.2, -0.15) is 0 Å². The molecule has 1 unspecified atom stereocenters. The Labute approximate surface area is 93.7 Å². The third kappa shape index (κ3) is 6.45. The van der Waals surface area contributed by atoms with Crippen LogP contribution in [0.15, 0.2) is 11.6 Å². The van der Waals surface area contributed by atoms with Crippen molar-refractivity contribution in [2.45, 2.75) is 53.1 Å². The van der Waals surface area contributed by atoms with Gasteiger partial charge in [-0.3, -0.25) is 4.79 Å². The number of ether oxygens (including phenoxy) is 1. The standard InChI is InChI=1S/C13H24O2/c1-6-7-13(15-5)9-10(2)8-11(3)12(4)14/h8,10,13H,6-7,9H2,1-5H3/b11-8-/t10?,13-/m1/s1. The van der Waals surface area contributed by atoms with Crippen LogP contribution in [-0.2, 0) is 9.53 Å². The van der Waals surface area contributed by atoms with Crippen molar-refractivity contribution in [1.29, 1.82) is 0 Å². The topological polar surface area (TPSA) is 26.3 Å². The van der Waals surface area contributed by atoms with E-state index < -0.39 is 0 Å². The summed E-state index contributed by atoms with van der Waals surface area (Å²) in [7, 11) is 1.76. The number of rotatable bonds is 7. The lowest BCUT2D eigenvalue weighted by atomic mass is 9.97. The van der Waals surface area contributed by atoms with Crippen molar-refractivity contribution >= 4 is 5.78 Å². The number of carbonyl (C=O) groups excluding carboxylic acids is 1. The van der Waals surface area contributed by atoms with E-state index in [2.05, 4.69) is 13.8 Å². The molecular formula is C13H24O2. The molecule has 0 radical (unpaired) electrons. The van der Waals surface area contributed by atoms with Crippen molar-refractivity contribution in [1.82, 2.24) is 0 Å². The van der Waals surface area contributed by atoms with E-state index in [-0.39, 0.29) is 5.78 Å². The van der Waals surface area contributed by atoms with Crippen LogP contribution in [0.2, 0.25) is 0 Å². The van der Waals surface area contributed by atoms with Crippen molar-refractivity contribution < 1.29 is 9.53 Å². The molecule has 2 heteroatoms. The van der Waals surface area contributed by atoms with Crippen LogP contribution in [0.3, 0.4) is 0 Å². The predicted molar refractivity (Wildman–Crippen MR) is 63.9 cm³/mol. The molecule has 0 aromatic rings. The highest BCUT2D eigenvalue weighted by Crippen LogP contribution is 2.16. The van der Waals surface area contributed by atoms with E-state index >= 15 is 0 Å². The van der Waals surface area contributed by atoms with E-state index in [1.807, 2.05) is 13.0 Å². The molecule has 0 saturated heterocycles. The highest BCUT2D eigenvalue weighted by atomic mass is 16.5. The second-order valence-electron chi connectivity index (χ2n) is 4.27. The van der Waals surface area contributed by atoms with Crippen LogP contribution in [-0.4, -0.2) is 19.0 Å². The molecule has 0 aromatic heterocycles. The molecule has 0 aromatic carbocycles. The molecule has 88 valence electrons. The Bertz CT molecular complexity index is 219. The summed E-state index contributed by atoms with van der Waals surface area (Å²) < 4.78 is 5.39. The maximum Gasteiger partial charge on any atom is 0.155 e. The lowest BCUT2D eigenvalue weighted by Gasteiger charge is -2.17. The molecule has 0 aliphatic carbocycles. The lowest BCUT2D eigenvalue weighted by molar-refractivity contribution is -0.113. The minimum absolute atomic E-state index is 0.159. The van der Waals surface area contributed by atoms with E-state index in [0.29, 0.717) is 12.0 Å². The minimum Gasteiger partial charge on any atom is -0.381 e. The van der Waals surface area contributed by atoms with Gasteiger partial charge in [0.15, 0.2) is 5.78 Å². The smallest absolute Gasteiger partial charge is 0.155 e. The summed E-state index contributed by atoms with van der Waals surface area (Å²) in [6.45, 7) is 7.78. The van der Waals surface area contributed by atoms with Crippen LogP contribution in [0.4, 0.5) is 0 Å². The van der Waals surface area contributed by atoms with Crippen molar-refractivity contribution in [2.75, 3.05) is 7.11 Å². The lowest BCUT2D eigenvalue weighted by Crippen LogP contribution is -2.14. The van der Waals surface area contributed by atoms with Gasteiger partial charge in [-0.25, -0.2) is 0 Å². The summed E-state index contributed by atoms with van der Waals surface area (Å²) in [5.41, 5.74) is 0.855. The molecule has 0 aliphatic rings. The van der Waals surface area contributed by atoms with E-state index in [1.54, 1.807) is 14.0 Å². The van der Waals surface area contributed by atoms with Crippen LogP contribution in [0.1, 0.15) is 47.0 Å². The Morgan fingerprint density at radius 2 is 2.00 bits per heavy atom. The predicted octanol–water partition coefficient (Wildman–Crippen LogP) is 3.36. The van der Waals surface area contributed by atoms with Crippen LogP contribution < -0.4 is 0 Å². The van der Waals surface area contributed by atoms with E-state index in [1.165, 1.54) is 0 Å². The molecule has 0 N–H and O–H groups in total. The van der Waals surface area contributed by atoms with E-state index in [0.717, 1.165) is 24.8 Å². The summed E-state index contributed by atoms with van der Waals surface area (Å²) in [4.78, 5) is 11.1. The molecule has 0 spiro atoms. The summed E-state index contributed by atoms with van der Waals surface area (Å²) in [5, 5.41) is 0. The first kappa shape index (κ1) is 14.4. The number of allylic oxidation sites excluding steroid dienone is 2. The highest BCUT2D eigenvalue weighted by molar-refractivity contribution is 5.92. The number of methoxy groups -OCH3 is 1. The van der Waals surface area contributed by atoms with Gasteiger partial charge in [0.25, 0.3) is 0 Å². The van der Waals surface area contributed by atoms with Crippen molar-refractivity contribution in [2.24, 2.45) is 5.92 Å². The van der Waals surface area contributed by atoms with Gasteiger partial charge in [0.05, 0.1) is 6.10 Å². The van der Waals surface area contributed by atoms with Gasteiger partial charge < -0.3 is 4.74 Å². The van der Waals surface area contributed by atoms with Crippen molar-refractivity contribution in [3.8, 4) is 0 Å². The molecule has 0 saturated carbocycles. The van der Waals surface area contributed by atoms with Crippen LogP contribution in [0.25, 0.3) is 0 Å². The molecule has 0 fully saturated rings. The molecule has 0 heterocycles. The molecular weight excluding hydrogens is 188 g/mol. The normalized spacial score (nSPS) is 16.2. The number of hydrogen-bond acceptors (Lipinski definition) is 2. The molecule has 2 atom stereocenters. The Morgan fingerprint density at radius 3 is 2.40 bits per heavy atom. The second kappa shape index (κ2) is 7.63. The van der Waals surface area contributed by atoms with Gasteiger partial charge in [-0.05, 0) is 38.2 Å². The summed E-state index contributed by atoms with van der Waals surface area (Å²) in [5.74, 6) is 0.566. The third-order valence-electron chi connectivity index (χ3n) is 2.67. The fraction of sp³-hybridized carbons (Fsp3) is 0.769. The monoisotopic (exact) mass is 212 g/mol. The fourth-order valence-corrected chi connectivity index (χ4v) is 1.68. The number of ketones is 1. The van der Waals surface area contributed by atoms with Gasteiger partial charge in [-0.15, -0.1) is 0 Å². The fourth-order valence-electron chi connectivity index (χ4n) is 1.68. The number of Topliss-reactive ketones (excluding diaryl/α,β-unsaturated/α-hetero) is 1. The largest absolute Gasteiger partial charge is 0.381 e. The van der Waals surface area contributed by atoms with Crippen molar-refractivity contribution in [3.63, 3.8) is 0 Å². The highest BCUT2D eigenvalue weighted by Gasteiger charge is 2.10. The Balaban J connectivity index is 4.16. The van der Waals surface area contributed by atoms with Gasteiger partial charge in [0.1, 0.15) is 0 Å².